The molecule has 1 aliphatic carbocycles. The van der Waals surface area contributed by atoms with E-state index in [9.17, 15) is 4.79 Å². The van der Waals surface area contributed by atoms with Crippen molar-refractivity contribution in [2.24, 2.45) is 11.7 Å². The summed E-state index contributed by atoms with van der Waals surface area (Å²) in [6, 6.07) is 15.2. The first-order valence-electron chi connectivity index (χ1n) is 8.57. The van der Waals surface area contributed by atoms with Crippen molar-refractivity contribution in [3.05, 3.63) is 60.3 Å². The molecule has 0 aliphatic heterocycles. The highest BCUT2D eigenvalue weighted by Gasteiger charge is 2.28. The third kappa shape index (κ3) is 4.75. The molecule has 3 N–H and O–H groups in total. The maximum Gasteiger partial charge on any atom is 0.252 e. The second-order valence-corrected chi connectivity index (χ2v) is 6.50. The lowest BCUT2D eigenvalue weighted by atomic mass is 10.1. The molecule has 4 rings (SSSR count). The zero-order valence-corrected chi connectivity index (χ0v) is 16.3. The van der Waals surface area contributed by atoms with E-state index in [1.54, 1.807) is 6.20 Å². The number of hydrogen-bond acceptors (Lipinski definition) is 4. The summed E-state index contributed by atoms with van der Waals surface area (Å²) in [5, 5.41) is 3.81. The van der Waals surface area contributed by atoms with E-state index in [0.717, 1.165) is 16.6 Å². The lowest BCUT2D eigenvalue weighted by Crippen LogP contribution is -2.38. The Labute approximate surface area is 170 Å². The van der Waals surface area contributed by atoms with Crippen LogP contribution < -0.4 is 11.1 Å². The molecule has 2 heterocycles. The molecular weight excluding hydrogens is 383 g/mol. The number of fused-ring (bicyclic) bond motifs is 1. The van der Waals surface area contributed by atoms with Crippen molar-refractivity contribution < 1.29 is 4.79 Å². The van der Waals surface area contributed by atoms with Gasteiger partial charge in [-0.15, -0.1) is 24.8 Å². The number of amides is 1. The molecule has 0 saturated heterocycles. The minimum absolute atomic E-state index is 0. The Kier molecular flexibility index (Phi) is 7.13. The van der Waals surface area contributed by atoms with Crippen LogP contribution in [0, 0.1) is 5.92 Å². The molecule has 2 aromatic heterocycles. The molecule has 27 heavy (non-hydrogen) atoms. The van der Waals surface area contributed by atoms with Gasteiger partial charge < -0.3 is 11.1 Å². The smallest absolute Gasteiger partial charge is 0.252 e. The summed E-state index contributed by atoms with van der Waals surface area (Å²) in [5.74, 6) is 0.436. The molecule has 0 spiro atoms. The first-order chi connectivity index (χ1) is 12.2. The molecule has 0 radical (unpaired) electrons. The Balaban J connectivity index is 0.00000131. The fourth-order valence-corrected chi connectivity index (χ4v) is 3.01. The summed E-state index contributed by atoms with van der Waals surface area (Å²) >= 11 is 0. The quantitative estimate of drug-likeness (QED) is 0.680. The van der Waals surface area contributed by atoms with Crippen LogP contribution in [0.25, 0.3) is 22.3 Å². The summed E-state index contributed by atoms with van der Waals surface area (Å²) in [7, 11) is 0. The molecule has 1 aromatic carbocycles. The number of aromatic nitrogens is 2. The van der Waals surface area contributed by atoms with E-state index in [-0.39, 0.29) is 36.8 Å². The van der Waals surface area contributed by atoms with Crippen LogP contribution in [0.3, 0.4) is 0 Å². The number of hydrogen-bond donors (Lipinski definition) is 2. The summed E-state index contributed by atoms with van der Waals surface area (Å²) in [4.78, 5) is 21.8. The van der Waals surface area contributed by atoms with E-state index < -0.39 is 0 Å². The number of rotatable bonds is 5. The maximum absolute atomic E-state index is 12.8. The van der Waals surface area contributed by atoms with Crippen molar-refractivity contribution in [1.29, 1.82) is 0 Å². The van der Waals surface area contributed by atoms with Crippen molar-refractivity contribution in [3.8, 4) is 11.4 Å². The van der Waals surface area contributed by atoms with E-state index in [0.29, 0.717) is 23.7 Å². The fraction of sp³-hybridized carbons (Fsp3) is 0.250. The number of nitrogens with two attached hydrogens (primary N) is 1. The number of nitrogens with one attached hydrogen (secondary N) is 1. The molecule has 1 unspecified atom stereocenters. The monoisotopic (exact) mass is 404 g/mol. The molecule has 7 heteroatoms. The van der Waals surface area contributed by atoms with E-state index in [1.165, 1.54) is 12.8 Å². The lowest BCUT2D eigenvalue weighted by Gasteiger charge is -2.13. The van der Waals surface area contributed by atoms with Crippen molar-refractivity contribution in [1.82, 2.24) is 15.3 Å². The first kappa shape index (κ1) is 21.1. The van der Waals surface area contributed by atoms with Gasteiger partial charge >= 0.3 is 0 Å². The highest BCUT2D eigenvalue weighted by atomic mass is 35.5. The highest BCUT2D eigenvalue weighted by molar-refractivity contribution is 6.07. The van der Waals surface area contributed by atoms with Crippen LogP contribution in [0.1, 0.15) is 23.2 Å². The molecule has 3 aromatic rings. The van der Waals surface area contributed by atoms with Crippen LogP contribution >= 0.6 is 24.8 Å². The van der Waals surface area contributed by atoms with Crippen molar-refractivity contribution in [3.63, 3.8) is 0 Å². The normalized spacial score (nSPS) is 14.0. The molecule has 142 valence electrons. The number of halogens is 2. The highest BCUT2D eigenvalue weighted by Crippen LogP contribution is 2.31. The summed E-state index contributed by atoms with van der Waals surface area (Å²) in [6.45, 7) is 0.499. The van der Waals surface area contributed by atoms with Crippen molar-refractivity contribution in [2.75, 3.05) is 6.54 Å². The predicted octanol–water partition coefficient (Wildman–Crippen LogP) is 3.61. The zero-order chi connectivity index (χ0) is 17.2. The Bertz CT molecular complexity index is 916. The third-order valence-electron chi connectivity index (χ3n) is 4.61. The number of pyridine rings is 2. The lowest BCUT2D eigenvalue weighted by molar-refractivity contribution is 0.0952. The molecule has 1 fully saturated rings. The third-order valence-corrected chi connectivity index (χ3v) is 4.61. The van der Waals surface area contributed by atoms with E-state index in [4.69, 9.17) is 5.73 Å². The average molecular weight is 405 g/mol. The summed E-state index contributed by atoms with van der Waals surface area (Å²) in [5.41, 5.74) is 8.93. The van der Waals surface area contributed by atoms with Crippen LogP contribution in [-0.2, 0) is 0 Å². The molecule has 1 amide bonds. The van der Waals surface area contributed by atoms with Gasteiger partial charge in [0.1, 0.15) is 0 Å². The summed E-state index contributed by atoms with van der Waals surface area (Å²) in [6.07, 6.45) is 4.05. The zero-order valence-electron chi connectivity index (χ0n) is 14.7. The number of nitrogens with zero attached hydrogens (tertiary/aromatic N) is 2. The van der Waals surface area contributed by atoms with Crippen LogP contribution in [-0.4, -0.2) is 28.5 Å². The number of carbonyl (C=O) groups excluding carboxylic acids is 1. The second kappa shape index (κ2) is 9.13. The van der Waals surface area contributed by atoms with Crippen molar-refractivity contribution >= 4 is 41.6 Å². The molecule has 5 nitrogen and oxygen atoms in total. The average Bonchev–Trinajstić information content (AvgIpc) is 3.51. The van der Waals surface area contributed by atoms with Gasteiger partial charge in [0.2, 0.25) is 0 Å². The molecule has 1 atom stereocenters. The minimum Gasteiger partial charge on any atom is -0.350 e. The number of benzene rings is 1. The van der Waals surface area contributed by atoms with Gasteiger partial charge in [0.15, 0.2) is 0 Å². The molecule has 1 saturated carbocycles. The van der Waals surface area contributed by atoms with E-state index in [2.05, 4.69) is 15.3 Å². The van der Waals surface area contributed by atoms with Gasteiger partial charge in [-0.3, -0.25) is 9.78 Å². The van der Waals surface area contributed by atoms with Crippen LogP contribution in [0.4, 0.5) is 0 Å². The SMILES string of the molecule is Cl.Cl.NC(CNC(=O)c1cc(-c2ccccn2)nc2ccccc12)C1CC1. The minimum atomic E-state index is -0.119. The van der Waals surface area contributed by atoms with Crippen LogP contribution in [0.5, 0.6) is 0 Å². The summed E-state index contributed by atoms with van der Waals surface area (Å²) < 4.78 is 0. The van der Waals surface area contributed by atoms with Crippen LogP contribution in [0.15, 0.2) is 54.7 Å². The molecule has 0 bridgehead atoms. The Morgan fingerprint density at radius 3 is 2.56 bits per heavy atom. The van der Waals surface area contributed by atoms with E-state index in [1.807, 2.05) is 48.5 Å². The predicted molar refractivity (Wildman–Crippen MR) is 113 cm³/mol. The van der Waals surface area contributed by atoms with E-state index >= 15 is 0 Å². The fourth-order valence-electron chi connectivity index (χ4n) is 3.01. The maximum atomic E-state index is 12.8. The Morgan fingerprint density at radius 2 is 1.85 bits per heavy atom. The van der Waals surface area contributed by atoms with Gasteiger partial charge in [0.25, 0.3) is 5.91 Å². The van der Waals surface area contributed by atoms with Crippen molar-refractivity contribution in [2.45, 2.75) is 18.9 Å². The van der Waals surface area contributed by atoms with Gasteiger partial charge in [-0.05, 0) is 43.0 Å². The topological polar surface area (TPSA) is 80.9 Å². The standard InChI is InChI=1S/C20H20N4O.2ClH/c21-16(13-8-9-13)12-23-20(25)15-11-19(18-7-3-4-10-22-18)24-17-6-2-1-5-14(15)17;;/h1-7,10-11,13,16H,8-9,12,21H2,(H,23,25);2*1H. The van der Waals surface area contributed by atoms with Gasteiger partial charge in [0, 0.05) is 24.2 Å². The Morgan fingerprint density at radius 1 is 1.11 bits per heavy atom. The van der Waals surface area contributed by atoms with Gasteiger partial charge in [-0.2, -0.15) is 0 Å². The van der Waals surface area contributed by atoms with Gasteiger partial charge in [-0.25, -0.2) is 4.98 Å². The number of carbonyl (C=O) groups is 1. The second-order valence-electron chi connectivity index (χ2n) is 6.50. The van der Waals surface area contributed by atoms with Gasteiger partial charge in [-0.1, -0.05) is 24.3 Å². The van der Waals surface area contributed by atoms with Crippen LogP contribution in [0.2, 0.25) is 0 Å². The molecular formula is C20H22Cl2N4O. The largest absolute Gasteiger partial charge is 0.350 e. The van der Waals surface area contributed by atoms with Gasteiger partial charge in [0.05, 0.1) is 22.5 Å². The first-order valence-corrected chi connectivity index (χ1v) is 8.57. The molecule has 1 aliphatic rings. The Hall–Kier alpha value is -2.21. The number of para-hydroxylation sites is 1.